The molecule has 0 bridgehead atoms. The van der Waals surface area contributed by atoms with Crippen molar-refractivity contribution in [2.45, 2.75) is 58.3 Å². The highest BCUT2D eigenvalue weighted by Crippen LogP contribution is 2.38. The zero-order valence-corrected chi connectivity index (χ0v) is 20.1. The maximum absolute atomic E-state index is 11.4. The summed E-state index contributed by atoms with van der Waals surface area (Å²) in [6.45, 7) is 10.9. The Morgan fingerprint density at radius 1 is 0.933 bits per heavy atom. The lowest BCUT2D eigenvalue weighted by atomic mass is 10.0. The third-order valence-corrected chi connectivity index (χ3v) is 10.7. The third kappa shape index (κ3) is 5.67. The van der Waals surface area contributed by atoms with Crippen LogP contribution in [0.15, 0.2) is 60.7 Å². The summed E-state index contributed by atoms with van der Waals surface area (Å²) in [4.78, 5) is 11.4. The molecule has 0 radical (unpaired) electrons. The summed E-state index contributed by atoms with van der Waals surface area (Å²) in [6.07, 6.45) is 1.21. The molecule has 3 atom stereocenters. The number of aldehydes is 1. The lowest BCUT2D eigenvalue weighted by molar-refractivity contribution is -0.125. The first-order chi connectivity index (χ1) is 14.3. The van der Waals surface area contributed by atoms with Crippen molar-refractivity contribution < 1.29 is 18.7 Å². The normalized spacial score (nSPS) is 15.4. The predicted octanol–water partition coefficient (Wildman–Crippen LogP) is 4.17. The van der Waals surface area contributed by atoms with Gasteiger partial charge >= 0.3 is 0 Å². The first-order valence-electron chi connectivity index (χ1n) is 10.6. The van der Waals surface area contributed by atoms with E-state index in [9.17, 15) is 4.79 Å². The van der Waals surface area contributed by atoms with E-state index in [1.165, 1.54) is 10.4 Å². The number of carbonyl (C=O) groups is 1. The van der Waals surface area contributed by atoms with E-state index in [2.05, 4.69) is 76.2 Å². The Bertz CT molecular complexity index is 718. The van der Waals surface area contributed by atoms with Gasteiger partial charge in [0.05, 0.1) is 6.10 Å². The number of hydrogen-bond acceptors (Lipinski definition) is 4. The fourth-order valence-electron chi connectivity index (χ4n) is 4.05. The molecule has 1 unspecified atom stereocenters. The molecule has 2 aromatic rings. The van der Waals surface area contributed by atoms with E-state index in [4.69, 9.17) is 13.9 Å². The summed E-state index contributed by atoms with van der Waals surface area (Å²) in [5.74, 6) is -0.231. The molecule has 0 fully saturated rings. The number of carbonyl (C=O) groups excluding carboxylic acids is 1. The molecular formula is C25H36O4Si. The molecule has 0 aliphatic carbocycles. The van der Waals surface area contributed by atoms with Gasteiger partial charge in [-0.25, -0.2) is 0 Å². The molecule has 164 valence electrons. The van der Waals surface area contributed by atoms with E-state index in [0.717, 1.165) is 6.29 Å². The lowest BCUT2D eigenvalue weighted by Gasteiger charge is -2.45. The minimum absolute atomic E-state index is 0.0941. The van der Waals surface area contributed by atoms with Crippen molar-refractivity contribution in [2.24, 2.45) is 5.92 Å². The third-order valence-electron chi connectivity index (χ3n) is 5.56. The fraction of sp³-hybridized carbons (Fsp3) is 0.480. The summed E-state index contributed by atoms with van der Waals surface area (Å²) in [7, 11) is -1.04. The predicted molar refractivity (Wildman–Crippen MR) is 125 cm³/mol. The fourth-order valence-corrected chi connectivity index (χ4v) is 8.76. The number of rotatable bonds is 11. The Balaban J connectivity index is 2.46. The van der Waals surface area contributed by atoms with Gasteiger partial charge in [-0.15, -0.1) is 0 Å². The van der Waals surface area contributed by atoms with Gasteiger partial charge in [-0.3, -0.25) is 0 Å². The average Bonchev–Trinajstić information content (AvgIpc) is 2.74. The minimum atomic E-state index is -2.63. The van der Waals surface area contributed by atoms with Crippen molar-refractivity contribution in [3.05, 3.63) is 60.7 Å². The molecule has 0 amide bonds. The largest absolute Gasteiger partial charge is 0.405 e. The van der Waals surface area contributed by atoms with Crippen LogP contribution < -0.4 is 10.4 Å². The van der Waals surface area contributed by atoms with Gasteiger partial charge < -0.3 is 18.7 Å². The smallest absolute Gasteiger partial charge is 0.261 e. The molecule has 0 aliphatic heterocycles. The van der Waals surface area contributed by atoms with E-state index in [1.807, 2.05) is 19.1 Å². The van der Waals surface area contributed by atoms with Crippen LogP contribution in [0.2, 0.25) is 5.04 Å². The summed E-state index contributed by atoms with van der Waals surface area (Å²) in [5.41, 5.74) is 0. The first kappa shape index (κ1) is 24.5. The van der Waals surface area contributed by atoms with Crippen LogP contribution in [-0.2, 0) is 18.7 Å². The minimum Gasteiger partial charge on any atom is -0.405 e. The van der Waals surface area contributed by atoms with Crippen molar-refractivity contribution in [3.63, 3.8) is 0 Å². The van der Waals surface area contributed by atoms with Crippen LogP contribution in [-0.4, -0.2) is 40.7 Å². The van der Waals surface area contributed by atoms with Gasteiger partial charge in [-0.1, -0.05) is 88.4 Å². The molecule has 0 heterocycles. The molecule has 2 rings (SSSR count). The van der Waals surface area contributed by atoms with Crippen molar-refractivity contribution in [3.8, 4) is 0 Å². The average molecular weight is 429 g/mol. The zero-order valence-electron chi connectivity index (χ0n) is 19.1. The Kier molecular flexibility index (Phi) is 8.98. The molecule has 0 saturated carbocycles. The van der Waals surface area contributed by atoms with Crippen molar-refractivity contribution in [1.29, 1.82) is 0 Å². The second kappa shape index (κ2) is 11.0. The van der Waals surface area contributed by atoms with Crippen molar-refractivity contribution in [2.75, 3.05) is 13.9 Å². The highest BCUT2D eigenvalue weighted by molar-refractivity contribution is 6.99. The highest BCUT2D eigenvalue weighted by Gasteiger charge is 2.51. The van der Waals surface area contributed by atoms with Gasteiger partial charge in [0.2, 0.25) is 0 Å². The monoisotopic (exact) mass is 428 g/mol. The summed E-state index contributed by atoms with van der Waals surface area (Å²) < 4.78 is 18.0. The van der Waals surface area contributed by atoms with Crippen molar-refractivity contribution >= 4 is 25.0 Å². The van der Waals surface area contributed by atoms with Crippen LogP contribution in [0.3, 0.4) is 0 Å². The van der Waals surface area contributed by atoms with Gasteiger partial charge in [0, 0.05) is 19.1 Å². The molecular weight excluding hydrogens is 392 g/mol. The molecule has 0 spiro atoms. The Morgan fingerprint density at radius 2 is 1.43 bits per heavy atom. The number of ether oxygens (including phenoxy) is 2. The summed E-state index contributed by atoms with van der Waals surface area (Å²) >= 11 is 0. The lowest BCUT2D eigenvalue weighted by Crippen LogP contribution is -2.67. The standard InChI is InChI=1S/C25H36O4Si/c1-20(18-26)24(28-19-27-6)17-21(2)29-30(25(3,4)5,22-13-9-7-10-14-22)23-15-11-8-12-16-23/h7-16,18,20-21,24H,17,19H2,1-6H3/t20-,21?,24+/m1/s1. The molecule has 4 nitrogen and oxygen atoms in total. The summed E-state index contributed by atoms with van der Waals surface area (Å²) in [5, 5.41) is 2.39. The van der Waals surface area contributed by atoms with Gasteiger partial charge in [0.15, 0.2) is 0 Å². The second-order valence-electron chi connectivity index (χ2n) is 8.93. The van der Waals surface area contributed by atoms with Crippen molar-refractivity contribution in [1.82, 2.24) is 0 Å². The van der Waals surface area contributed by atoms with Gasteiger partial charge in [0.1, 0.15) is 13.1 Å². The van der Waals surface area contributed by atoms with E-state index in [-0.39, 0.29) is 30.0 Å². The molecule has 0 N–H and O–H groups in total. The maximum atomic E-state index is 11.4. The van der Waals surface area contributed by atoms with Crippen LogP contribution in [0.4, 0.5) is 0 Å². The Labute approximate surface area is 182 Å². The Hall–Kier alpha value is -1.79. The maximum Gasteiger partial charge on any atom is 0.261 e. The molecule has 0 saturated heterocycles. The molecule has 2 aromatic carbocycles. The van der Waals surface area contributed by atoms with Crippen LogP contribution in [0.1, 0.15) is 41.0 Å². The molecule has 30 heavy (non-hydrogen) atoms. The van der Waals surface area contributed by atoms with Crippen LogP contribution in [0.25, 0.3) is 0 Å². The van der Waals surface area contributed by atoms with E-state index >= 15 is 0 Å². The van der Waals surface area contributed by atoms with E-state index in [0.29, 0.717) is 6.42 Å². The topological polar surface area (TPSA) is 44.8 Å². The van der Waals surface area contributed by atoms with Gasteiger partial charge in [-0.05, 0) is 28.8 Å². The zero-order chi connectivity index (χ0) is 22.2. The summed E-state index contributed by atoms with van der Waals surface area (Å²) in [6, 6.07) is 21.2. The Morgan fingerprint density at radius 3 is 1.83 bits per heavy atom. The molecule has 0 aliphatic rings. The quantitative estimate of drug-likeness (QED) is 0.306. The van der Waals surface area contributed by atoms with Crippen LogP contribution in [0.5, 0.6) is 0 Å². The number of hydrogen-bond donors (Lipinski definition) is 0. The molecule has 5 heteroatoms. The second-order valence-corrected chi connectivity index (χ2v) is 13.2. The first-order valence-corrected chi connectivity index (χ1v) is 12.5. The van der Waals surface area contributed by atoms with E-state index < -0.39 is 8.32 Å². The van der Waals surface area contributed by atoms with Gasteiger partial charge in [-0.2, -0.15) is 0 Å². The van der Waals surface area contributed by atoms with Gasteiger partial charge in [0.25, 0.3) is 8.32 Å². The molecule has 0 aromatic heterocycles. The van der Waals surface area contributed by atoms with Crippen LogP contribution >= 0.6 is 0 Å². The number of methoxy groups -OCH3 is 1. The van der Waals surface area contributed by atoms with Crippen LogP contribution in [0, 0.1) is 5.92 Å². The SMILES string of the molecule is COCO[C@@H](CC(C)O[Si](c1ccccc1)(c1ccccc1)C(C)(C)C)[C@H](C)C=O. The highest BCUT2D eigenvalue weighted by atomic mass is 28.4. The van der Waals surface area contributed by atoms with E-state index in [1.54, 1.807) is 7.11 Å². The number of benzene rings is 2.